The van der Waals surface area contributed by atoms with Crippen LogP contribution in [-0.4, -0.2) is 27.0 Å². The van der Waals surface area contributed by atoms with Crippen LogP contribution in [0.25, 0.3) is 0 Å². The minimum absolute atomic E-state index is 0.0223. The number of anilines is 1. The second kappa shape index (κ2) is 5.47. The normalized spacial score (nSPS) is 19.0. The Labute approximate surface area is 127 Å². The molecule has 1 saturated carbocycles. The van der Waals surface area contributed by atoms with E-state index in [-0.39, 0.29) is 28.5 Å². The summed E-state index contributed by atoms with van der Waals surface area (Å²) in [5, 5.41) is 2.65. The Morgan fingerprint density at radius 1 is 1.29 bits per heavy atom. The molecule has 1 aliphatic carbocycles. The van der Waals surface area contributed by atoms with Gasteiger partial charge in [0.2, 0.25) is 10.0 Å². The van der Waals surface area contributed by atoms with E-state index in [1.54, 1.807) is 0 Å². The van der Waals surface area contributed by atoms with Crippen molar-refractivity contribution in [2.45, 2.75) is 36.6 Å². The summed E-state index contributed by atoms with van der Waals surface area (Å²) in [6, 6.07) is 2.72. The van der Waals surface area contributed by atoms with Crippen LogP contribution in [0.5, 0.6) is 5.75 Å². The second-order valence-electron chi connectivity index (χ2n) is 5.22. The highest BCUT2D eigenvalue weighted by atomic mass is 35.5. The van der Waals surface area contributed by atoms with Crippen molar-refractivity contribution in [2.75, 3.05) is 11.9 Å². The summed E-state index contributed by atoms with van der Waals surface area (Å²) in [7, 11) is -3.70. The lowest BCUT2D eigenvalue weighted by Crippen LogP contribution is -2.33. The predicted octanol–water partition coefficient (Wildman–Crippen LogP) is 1.89. The molecule has 3 rings (SSSR count). The molecule has 1 aliphatic heterocycles. The number of carbonyl (C=O) groups is 1. The van der Waals surface area contributed by atoms with Gasteiger partial charge in [0.1, 0.15) is 10.6 Å². The monoisotopic (exact) mass is 330 g/mol. The number of carbonyl (C=O) groups excluding carboxylic acids is 1. The topological polar surface area (TPSA) is 84.5 Å². The minimum Gasteiger partial charge on any atom is -0.482 e. The first kappa shape index (κ1) is 14.6. The number of fused-ring (bicyclic) bond motifs is 1. The Hall–Kier alpha value is -1.31. The van der Waals surface area contributed by atoms with Crippen LogP contribution in [-0.2, 0) is 14.8 Å². The SMILES string of the molecule is O=C1COc2cc(S(=O)(=O)NC3CCCC3)c(Cl)cc2N1. The molecule has 0 saturated heterocycles. The third-order valence-electron chi connectivity index (χ3n) is 3.63. The molecule has 0 atom stereocenters. The number of amides is 1. The van der Waals surface area contributed by atoms with Crippen molar-refractivity contribution >= 4 is 33.2 Å². The van der Waals surface area contributed by atoms with Crippen molar-refractivity contribution in [2.24, 2.45) is 0 Å². The van der Waals surface area contributed by atoms with E-state index in [0.717, 1.165) is 25.7 Å². The molecule has 1 heterocycles. The number of sulfonamides is 1. The summed E-state index contributed by atoms with van der Waals surface area (Å²) < 4.78 is 32.7. The second-order valence-corrected chi connectivity index (χ2v) is 7.31. The van der Waals surface area contributed by atoms with Gasteiger partial charge in [0.05, 0.1) is 10.7 Å². The van der Waals surface area contributed by atoms with E-state index in [0.29, 0.717) is 11.4 Å². The number of benzene rings is 1. The maximum atomic E-state index is 12.4. The highest BCUT2D eigenvalue weighted by Gasteiger charge is 2.27. The molecule has 114 valence electrons. The highest BCUT2D eigenvalue weighted by Crippen LogP contribution is 2.36. The molecule has 2 aliphatic rings. The Balaban J connectivity index is 1.92. The van der Waals surface area contributed by atoms with Crippen LogP contribution in [0.2, 0.25) is 5.02 Å². The molecule has 1 fully saturated rings. The number of nitrogens with one attached hydrogen (secondary N) is 2. The van der Waals surface area contributed by atoms with E-state index >= 15 is 0 Å². The van der Waals surface area contributed by atoms with Gasteiger partial charge in [-0.15, -0.1) is 0 Å². The zero-order chi connectivity index (χ0) is 15.0. The zero-order valence-corrected chi connectivity index (χ0v) is 12.8. The fourth-order valence-electron chi connectivity index (χ4n) is 2.61. The lowest BCUT2D eigenvalue weighted by Gasteiger charge is -2.20. The standard InChI is InChI=1S/C13H15ClN2O4S/c14-9-5-10-11(20-7-13(17)15-10)6-12(9)21(18,19)16-8-3-1-2-4-8/h5-6,8,16H,1-4,7H2,(H,15,17). The van der Waals surface area contributed by atoms with E-state index in [1.165, 1.54) is 12.1 Å². The van der Waals surface area contributed by atoms with Crippen LogP contribution in [0.15, 0.2) is 17.0 Å². The molecule has 8 heteroatoms. The van der Waals surface area contributed by atoms with E-state index in [9.17, 15) is 13.2 Å². The molecule has 0 aromatic heterocycles. The lowest BCUT2D eigenvalue weighted by atomic mass is 10.2. The molecule has 1 amide bonds. The van der Waals surface area contributed by atoms with Gasteiger partial charge >= 0.3 is 0 Å². The van der Waals surface area contributed by atoms with Gasteiger partial charge in [0.15, 0.2) is 6.61 Å². The molecule has 6 nitrogen and oxygen atoms in total. The summed E-state index contributed by atoms with van der Waals surface area (Å²) in [4.78, 5) is 11.2. The Morgan fingerprint density at radius 2 is 2.00 bits per heavy atom. The first-order valence-electron chi connectivity index (χ1n) is 6.74. The molecular weight excluding hydrogens is 316 g/mol. The average Bonchev–Trinajstić information content (AvgIpc) is 2.89. The Kier molecular flexibility index (Phi) is 3.81. The molecule has 0 radical (unpaired) electrons. The van der Waals surface area contributed by atoms with E-state index in [1.807, 2.05) is 0 Å². The first-order chi connectivity index (χ1) is 9.95. The Bertz CT molecular complexity index is 684. The van der Waals surface area contributed by atoms with Crippen LogP contribution in [0, 0.1) is 0 Å². The number of ether oxygens (including phenoxy) is 1. The van der Waals surface area contributed by atoms with Gasteiger partial charge in [-0.3, -0.25) is 4.79 Å². The van der Waals surface area contributed by atoms with Crippen molar-refractivity contribution in [3.05, 3.63) is 17.2 Å². The Morgan fingerprint density at radius 3 is 2.71 bits per heavy atom. The van der Waals surface area contributed by atoms with Crippen LogP contribution < -0.4 is 14.8 Å². The van der Waals surface area contributed by atoms with Crippen LogP contribution in [0.1, 0.15) is 25.7 Å². The minimum atomic E-state index is -3.70. The van der Waals surface area contributed by atoms with Gasteiger partial charge in [0, 0.05) is 12.1 Å². The molecule has 0 spiro atoms. The lowest BCUT2D eigenvalue weighted by molar-refractivity contribution is -0.118. The fourth-order valence-corrected chi connectivity index (χ4v) is 4.46. The maximum absolute atomic E-state index is 12.4. The smallest absolute Gasteiger partial charge is 0.262 e. The summed E-state index contributed by atoms with van der Waals surface area (Å²) in [5.41, 5.74) is 0.385. The molecule has 1 aromatic rings. The molecule has 21 heavy (non-hydrogen) atoms. The number of hydrogen-bond acceptors (Lipinski definition) is 4. The predicted molar refractivity (Wildman–Crippen MR) is 78.2 cm³/mol. The largest absolute Gasteiger partial charge is 0.482 e. The van der Waals surface area contributed by atoms with Crippen LogP contribution in [0.3, 0.4) is 0 Å². The summed E-state index contributed by atoms with van der Waals surface area (Å²) >= 11 is 6.05. The number of halogens is 1. The van der Waals surface area contributed by atoms with Crippen molar-refractivity contribution in [3.63, 3.8) is 0 Å². The first-order valence-corrected chi connectivity index (χ1v) is 8.60. The van der Waals surface area contributed by atoms with Gasteiger partial charge in [-0.2, -0.15) is 0 Å². The summed E-state index contributed by atoms with van der Waals surface area (Å²) in [6.45, 7) is -0.135. The molecule has 0 bridgehead atoms. The summed E-state index contributed by atoms with van der Waals surface area (Å²) in [6.07, 6.45) is 3.74. The third-order valence-corrected chi connectivity index (χ3v) is 5.62. The molecule has 2 N–H and O–H groups in total. The number of hydrogen-bond donors (Lipinski definition) is 2. The van der Waals surface area contributed by atoms with Gasteiger partial charge in [-0.1, -0.05) is 24.4 Å². The van der Waals surface area contributed by atoms with Crippen molar-refractivity contribution in [3.8, 4) is 5.75 Å². The molecule has 1 aromatic carbocycles. The van der Waals surface area contributed by atoms with Crippen LogP contribution >= 0.6 is 11.6 Å². The zero-order valence-electron chi connectivity index (χ0n) is 11.2. The average molecular weight is 331 g/mol. The van der Waals surface area contributed by atoms with Gasteiger partial charge < -0.3 is 10.1 Å². The van der Waals surface area contributed by atoms with E-state index in [2.05, 4.69) is 10.0 Å². The third kappa shape index (κ3) is 3.00. The quantitative estimate of drug-likeness (QED) is 0.886. The molecule has 0 unspecified atom stereocenters. The number of rotatable bonds is 3. The van der Waals surface area contributed by atoms with Crippen molar-refractivity contribution < 1.29 is 17.9 Å². The van der Waals surface area contributed by atoms with Gasteiger partial charge in [-0.05, 0) is 18.9 Å². The highest BCUT2D eigenvalue weighted by molar-refractivity contribution is 7.89. The van der Waals surface area contributed by atoms with Crippen LogP contribution in [0.4, 0.5) is 5.69 Å². The molecular formula is C13H15ClN2O4S. The van der Waals surface area contributed by atoms with Crippen molar-refractivity contribution in [1.82, 2.24) is 4.72 Å². The van der Waals surface area contributed by atoms with Gasteiger partial charge in [-0.25, -0.2) is 13.1 Å². The fraction of sp³-hybridized carbons (Fsp3) is 0.462. The van der Waals surface area contributed by atoms with Crippen molar-refractivity contribution in [1.29, 1.82) is 0 Å². The maximum Gasteiger partial charge on any atom is 0.262 e. The van der Waals surface area contributed by atoms with Gasteiger partial charge in [0.25, 0.3) is 5.91 Å². The van der Waals surface area contributed by atoms with E-state index < -0.39 is 10.0 Å². The summed E-state index contributed by atoms with van der Waals surface area (Å²) in [5.74, 6) is 0.0176. The van der Waals surface area contributed by atoms with E-state index in [4.69, 9.17) is 16.3 Å².